The molecule has 3 aromatic rings. The fraction of sp³-hybridized carbons (Fsp3) is 0.304. The van der Waals surface area contributed by atoms with Gasteiger partial charge in [0.05, 0.1) is 11.1 Å². The maximum atomic E-state index is 13.1. The third-order valence-electron chi connectivity index (χ3n) is 5.04. The van der Waals surface area contributed by atoms with Gasteiger partial charge in [-0.15, -0.1) is 0 Å². The number of benzene rings is 2. The van der Waals surface area contributed by atoms with Crippen molar-refractivity contribution < 1.29 is 22.0 Å². The van der Waals surface area contributed by atoms with Crippen molar-refractivity contribution in [3.05, 3.63) is 65.9 Å². The Morgan fingerprint density at radius 1 is 1.12 bits per heavy atom. The fourth-order valence-electron chi connectivity index (χ4n) is 3.28. The highest BCUT2D eigenvalue weighted by atomic mass is 32.2. The molecule has 1 amide bonds. The molecule has 0 aliphatic heterocycles. The molecule has 0 bridgehead atoms. The number of oxazole rings is 1. The van der Waals surface area contributed by atoms with Crippen LogP contribution in [0.2, 0.25) is 0 Å². The Bertz CT molecular complexity index is 1190. The molecule has 0 fully saturated rings. The van der Waals surface area contributed by atoms with Gasteiger partial charge in [-0.25, -0.2) is 17.8 Å². The first-order valence-electron chi connectivity index (χ1n) is 10.4. The molecule has 0 radical (unpaired) electrons. The SMILES string of the molecule is CCN(CC)S(=O)(=O)c1cc(NC(=O)CCc2ncc(-c3ccc(F)cc3)o2)ccc1C. The molecule has 9 heteroatoms. The van der Waals surface area contributed by atoms with E-state index in [1.54, 1.807) is 45.0 Å². The first kappa shape index (κ1) is 23.6. The fourth-order valence-corrected chi connectivity index (χ4v) is 4.98. The molecular formula is C23H26FN3O4S. The summed E-state index contributed by atoms with van der Waals surface area (Å²) in [6.07, 6.45) is 1.91. The Hall–Kier alpha value is -3.04. The van der Waals surface area contributed by atoms with Crippen LogP contribution in [0.3, 0.4) is 0 Å². The van der Waals surface area contributed by atoms with E-state index in [-0.39, 0.29) is 29.5 Å². The molecule has 1 aromatic heterocycles. The van der Waals surface area contributed by atoms with Crippen molar-refractivity contribution in [3.63, 3.8) is 0 Å². The number of nitrogens with one attached hydrogen (secondary N) is 1. The molecule has 2 aromatic carbocycles. The summed E-state index contributed by atoms with van der Waals surface area (Å²) in [5.74, 6) is 0.245. The van der Waals surface area contributed by atoms with Crippen LogP contribution >= 0.6 is 0 Å². The van der Waals surface area contributed by atoms with Crippen LogP contribution in [0.25, 0.3) is 11.3 Å². The summed E-state index contributed by atoms with van der Waals surface area (Å²) < 4.78 is 45.8. The van der Waals surface area contributed by atoms with Gasteiger partial charge < -0.3 is 9.73 Å². The minimum absolute atomic E-state index is 0.107. The number of aromatic nitrogens is 1. The number of hydrogen-bond acceptors (Lipinski definition) is 5. The molecule has 0 saturated carbocycles. The second kappa shape index (κ2) is 10.1. The molecule has 3 rings (SSSR count). The van der Waals surface area contributed by atoms with E-state index in [1.807, 2.05) is 0 Å². The number of sulfonamides is 1. The second-order valence-electron chi connectivity index (χ2n) is 7.24. The van der Waals surface area contributed by atoms with Gasteiger partial charge in [-0.2, -0.15) is 4.31 Å². The first-order valence-corrected chi connectivity index (χ1v) is 11.8. The summed E-state index contributed by atoms with van der Waals surface area (Å²) in [4.78, 5) is 16.8. The lowest BCUT2D eigenvalue weighted by Crippen LogP contribution is -2.31. The molecule has 1 N–H and O–H groups in total. The summed E-state index contributed by atoms with van der Waals surface area (Å²) in [6.45, 7) is 6.03. The quantitative estimate of drug-likeness (QED) is 0.512. The number of carbonyl (C=O) groups excluding carboxylic acids is 1. The maximum absolute atomic E-state index is 13.1. The highest BCUT2D eigenvalue weighted by Crippen LogP contribution is 2.24. The molecular weight excluding hydrogens is 433 g/mol. The van der Waals surface area contributed by atoms with Crippen LogP contribution in [0.4, 0.5) is 10.1 Å². The summed E-state index contributed by atoms with van der Waals surface area (Å²) in [6, 6.07) is 10.7. The minimum Gasteiger partial charge on any atom is -0.441 e. The Morgan fingerprint density at radius 2 is 1.81 bits per heavy atom. The monoisotopic (exact) mass is 459 g/mol. The van der Waals surface area contributed by atoms with Gasteiger partial charge in [0.2, 0.25) is 15.9 Å². The molecule has 32 heavy (non-hydrogen) atoms. The van der Waals surface area contributed by atoms with Crippen molar-refractivity contribution >= 4 is 21.6 Å². The maximum Gasteiger partial charge on any atom is 0.243 e. The van der Waals surface area contributed by atoms with E-state index >= 15 is 0 Å². The van der Waals surface area contributed by atoms with Gasteiger partial charge in [0.15, 0.2) is 11.7 Å². The van der Waals surface area contributed by atoms with E-state index in [4.69, 9.17) is 4.42 Å². The van der Waals surface area contributed by atoms with Crippen LogP contribution in [0.5, 0.6) is 0 Å². The molecule has 1 heterocycles. The highest BCUT2D eigenvalue weighted by molar-refractivity contribution is 7.89. The molecule has 0 spiro atoms. The van der Waals surface area contributed by atoms with Crippen molar-refractivity contribution in [3.8, 4) is 11.3 Å². The van der Waals surface area contributed by atoms with Crippen molar-refractivity contribution in [2.24, 2.45) is 0 Å². The number of halogens is 1. The average molecular weight is 460 g/mol. The van der Waals surface area contributed by atoms with Crippen LogP contribution in [0, 0.1) is 12.7 Å². The third kappa shape index (κ3) is 5.41. The molecule has 7 nitrogen and oxygen atoms in total. The minimum atomic E-state index is -3.64. The lowest BCUT2D eigenvalue weighted by atomic mass is 10.2. The molecule has 0 saturated heterocycles. The van der Waals surface area contributed by atoms with E-state index in [1.165, 1.54) is 28.7 Å². The molecule has 170 valence electrons. The first-order chi connectivity index (χ1) is 15.2. The third-order valence-corrected chi connectivity index (χ3v) is 7.24. The number of nitrogens with zero attached hydrogens (tertiary/aromatic N) is 2. The number of anilines is 1. The Labute approximate surface area is 187 Å². The lowest BCUT2D eigenvalue weighted by molar-refractivity contribution is -0.116. The summed E-state index contributed by atoms with van der Waals surface area (Å²) in [5.41, 5.74) is 1.71. The number of aryl methyl sites for hydroxylation is 2. The van der Waals surface area contributed by atoms with Crippen LogP contribution in [-0.4, -0.2) is 36.7 Å². The van der Waals surface area contributed by atoms with Crippen LogP contribution in [0.15, 0.2) is 58.0 Å². The zero-order valence-electron chi connectivity index (χ0n) is 18.3. The molecule has 0 aliphatic rings. The number of carbonyl (C=O) groups is 1. The number of hydrogen-bond donors (Lipinski definition) is 1. The predicted molar refractivity (Wildman–Crippen MR) is 120 cm³/mol. The van der Waals surface area contributed by atoms with Gasteiger partial charge in [-0.3, -0.25) is 4.79 Å². The van der Waals surface area contributed by atoms with E-state index < -0.39 is 10.0 Å². The predicted octanol–water partition coefficient (Wildman–Crippen LogP) is 4.39. The van der Waals surface area contributed by atoms with Gasteiger partial charge >= 0.3 is 0 Å². The molecule has 0 atom stereocenters. The van der Waals surface area contributed by atoms with Crippen LogP contribution in [0.1, 0.15) is 31.7 Å². The Kier molecular flexibility index (Phi) is 7.42. The van der Waals surface area contributed by atoms with E-state index in [9.17, 15) is 17.6 Å². The van der Waals surface area contributed by atoms with Gasteiger partial charge in [0, 0.05) is 37.2 Å². The zero-order valence-corrected chi connectivity index (χ0v) is 19.1. The van der Waals surface area contributed by atoms with Crippen LogP contribution < -0.4 is 5.32 Å². The highest BCUT2D eigenvalue weighted by Gasteiger charge is 2.24. The van der Waals surface area contributed by atoms with Gasteiger partial charge in [0.1, 0.15) is 5.82 Å². The lowest BCUT2D eigenvalue weighted by Gasteiger charge is -2.20. The largest absolute Gasteiger partial charge is 0.441 e. The normalized spacial score (nSPS) is 11.7. The zero-order chi connectivity index (χ0) is 23.3. The van der Waals surface area contributed by atoms with E-state index in [0.717, 1.165) is 0 Å². The van der Waals surface area contributed by atoms with E-state index in [0.29, 0.717) is 41.6 Å². The van der Waals surface area contributed by atoms with Crippen molar-refractivity contribution in [1.82, 2.24) is 9.29 Å². The summed E-state index contributed by atoms with van der Waals surface area (Å²) in [5, 5.41) is 2.74. The van der Waals surface area contributed by atoms with Gasteiger partial charge in [-0.05, 0) is 48.9 Å². The topological polar surface area (TPSA) is 92.5 Å². The summed E-state index contributed by atoms with van der Waals surface area (Å²) >= 11 is 0. The number of amides is 1. The number of rotatable bonds is 9. The van der Waals surface area contributed by atoms with Crippen molar-refractivity contribution in [1.29, 1.82) is 0 Å². The molecule has 0 aliphatic carbocycles. The molecule has 0 unspecified atom stereocenters. The Morgan fingerprint density at radius 3 is 2.47 bits per heavy atom. The van der Waals surface area contributed by atoms with Gasteiger partial charge in [0.25, 0.3) is 0 Å². The Balaban J connectivity index is 1.65. The standard InChI is InChI=1S/C23H26FN3O4S/c1-4-27(5-2)32(29,30)21-14-19(11-6-16(21)3)26-22(28)12-13-23-25-15-20(31-23)17-7-9-18(24)10-8-17/h6-11,14-15H,4-5,12-13H2,1-3H3,(H,26,28). The van der Waals surface area contributed by atoms with Crippen LogP contribution in [-0.2, 0) is 21.2 Å². The smallest absolute Gasteiger partial charge is 0.243 e. The second-order valence-corrected chi connectivity index (χ2v) is 9.15. The van der Waals surface area contributed by atoms with E-state index in [2.05, 4.69) is 10.3 Å². The summed E-state index contributed by atoms with van der Waals surface area (Å²) in [7, 11) is -3.64. The van der Waals surface area contributed by atoms with Crippen molar-refractivity contribution in [2.45, 2.75) is 38.5 Å². The van der Waals surface area contributed by atoms with Crippen molar-refractivity contribution in [2.75, 3.05) is 18.4 Å². The average Bonchev–Trinajstić information content (AvgIpc) is 3.24. The van der Waals surface area contributed by atoms with Gasteiger partial charge in [-0.1, -0.05) is 19.9 Å².